The van der Waals surface area contributed by atoms with Crippen LogP contribution in [0.2, 0.25) is 0 Å². The van der Waals surface area contributed by atoms with Crippen LogP contribution < -0.4 is 20.3 Å². The predicted molar refractivity (Wildman–Crippen MR) is 218 cm³/mol. The lowest BCUT2D eigenvalue weighted by molar-refractivity contribution is -0.118. The van der Waals surface area contributed by atoms with Gasteiger partial charge in [-0.25, -0.2) is 15.0 Å². The van der Waals surface area contributed by atoms with Crippen molar-refractivity contribution < 1.29 is 28.3 Å². The van der Waals surface area contributed by atoms with Crippen LogP contribution in [0, 0.1) is 5.92 Å². The van der Waals surface area contributed by atoms with E-state index in [-0.39, 0.29) is 42.0 Å². The zero-order valence-electron chi connectivity index (χ0n) is 32.4. The van der Waals surface area contributed by atoms with Gasteiger partial charge in [-0.3, -0.25) is 24.5 Å². The van der Waals surface area contributed by atoms with E-state index >= 15 is 0 Å². The predicted octanol–water partition coefficient (Wildman–Crippen LogP) is 4.92. The highest BCUT2D eigenvalue weighted by molar-refractivity contribution is 8.10. The third-order valence-electron chi connectivity index (χ3n) is 9.93. The first kappa shape index (κ1) is 39.7. The van der Waals surface area contributed by atoms with Crippen LogP contribution in [0.25, 0.3) is 11.2 Å². The van der Waals surface area contributed by atoms with E-state index in [0.29, 0.717) is 11.5 Å². The summed E-state index contributed by atoms with van der Waals surface area (Å²) in [5.74, 6) is 0.671. The number of H-pyrrole nitrogens is 1. The summed E-state index contributed by atoms with van der Waals surface area (Å²) in [7, 11) is 3.23. The van der Waals surface area contributed by atoms with Gasteiger partial charge in [-0.2, -0.15) is 24.1 Å². The van der Waals surface area contributed by atoms with E-state index in [1.807, 2.05) is 78.9 Å². The number of fused-ring (bicyclic) bond motifs is 1. The summed E-state index contributed by atoms with van der Waals surface area (Å²) in [6.45, 7) is 0.0901. The highest BCUT2D eigenvalue weighted by atomic mass is 32.5. The molecule has 1 aliphatic heterocycles. The molecule has 18 nitrogen and oxygen atoms in total. The topological polar surface area (TPSA) is 200 Å². The fraction of sp³-hybridized carbons (Fsp3) is 0.282. The molecule has 5 heterocycles. The number of carbonyl (C=O) groups excluding carboxylic acids is 1. The fourth-order valence-electron chi connectivity index (χ4n) is 6.90. The van der Waals surface area contributed by atoms with Crippen LogP contribution >= 0.6 is 6.57 Å². The Morgan fingerprint density at radius 2 is 1.51 bits per heavy atom. The molecule has 1 saturated heterocycles. The number of nitrogens with one attached hydrogen (secondary N) is 2. The zero-order valence-corrected chi connectivity index (χ0v) is 34.1. The number of nitrogens with zero attached hydrogens (tertiary/aromatic N) is 9. The minimum Gasteiger partial charge on any atom is -0.497 e. The molecule has 0 spiro atoms. The molecule has 8 rings (SSSR count). The van der Waals surface area contributed by atoms with Gasteiger partial charge in [-0.15, -0.1) is 0 Å². The number of anilines is 1. The molecule has 20 heteroatoms. The maximum absolute atomic E-state index is 13.2. The number of benzene rings is 3. The summed E-state index contributed by atoms with van der Waals surface area (Å²) in [6.07, 6.45) is 5.00. The van der Waals surface area contributed by atoms with Gasteiger partial charge in [0.25, 0.3) is 12.1 Å². The average molecular weight is 838 g/mol. The van der Waals surface area contributed by atoms with Crippen LogP contribution in [0.5, 0.6) is 11.5 Å². The molecular weight excluding hydrogens is 798 g/mol. The van der Waals surface area contributed by atoms with Gasteiger partial charge < -0.3 is 23.5 Å². The average Bonchev–Trinajstić information content (AvgIpc) is 4.11. The maximum atomic E-state index is 13.2. The number of aromatic amines is 1. The summed E-state index contributed by atoms with van der Waals surface area (Å²) in [5.41, 5.74) is 1.01. The lowest BCUT2D eigenvalue weighted by Gasteiger charge is -2.37. The SMILES string of the molecule is COc1ccc(C(OC[C@H]2O[C@@H](n3cnc4c(=O)[nH]c(NC(=O)C(C)C)nc43)C[C@@H]2OP(=S)(n2cncn2)n2cncn2)(c2ccccc2)c2ccc(OC)cc2)cc1. The van der Waals surface area contributed by atoms with Gasteiger partial charge in [0.05, 0.1) is 33.3 Å². The summed E-state index contributed by atoms with van der Waals surface area (Å²) >= 11 is 6.25. The largest absolute Gasteiger partial charge is 0.497 e. The molecular formula is C39H40N11O7PS. The smallest absolute Gasteiger partial charge is 0.297 e. The highest BCUT2D eigenvalue weighted by Crippen LogP contribution is 2.52. The quantitative estimate of drug-likeness (QED) is 0.104. The van der Waals surface area contributed by atoms with E-state index in [9.17, 15) is 9.59 Å². The number of hydrogen-bond donors (Lipinski definition) is 2. The van der Waals surface area contributed by atoms with Crippen molar-refractivity contribution in [3.63, 3.8) is 0 Å². The monoisotopic (exact) mass is 837 g/mol. The number of hydrogen-bond acceptors (Lipinski definition) is 14. The molecule has 1 amide bonds. The van der Waals surface area contributed by atoms with Crippen molar-refractivity contribution in [2.75, 3.05) is 26.1 Å². The van der Waals surface area contributed by atoms with Crippen LogP contribution in [-0.2, 0) is 36.2 Å². The third kappa shape index (κ3) is 7.66. The van der Waals surface area contributed by atoms with Crippen molar-refractivity contribution in [3.05, 3.63) is 138 Å². The minimum absolute atomic E-state index is 0.0203. The molecule has 1 fully saturated rings. The molecule has 0 unspecified atom stereocenters. The van der Waals surface area contributed by atoms with Gasteiger partial charge in [-0.05, 0) is 52.8 Å². The molecule has 2 N–H and O–H groups in total. The molecule has 3 aromatic carbocycles. The summed E-state index contributed by atoms with van der Waals surface area (Å²) in [5, 5.41) is 11.4. The first-order valence-electron chi connectivity index (χ1n) is 18.5. The lowest BCUT2D eigenvalue weighted by Crippen LogP contribution is -2.38. The molecule has 3 atom stereocenters. The molecule has 1 aliphatic rings. The molecule has 0 bridgehead atoms. The first-order valence-corrected chi connectivity index (χ1v) is 21.2. The second-order valence-electron chi connectivity index (χ2n) is 13.8. The minimum atomic E-state index is -3.35. The molecule has 304 valence electrons. The fourth-order valence-corrected chi connectivity index (χ4v) is 9.43. The number of ether oxygens (including phenoxy) is 4. The van der Waals surface area contributed by atoms with Crippen molar-refractivity contribution in [1.29, 1.82) is 0 Å². The number of imidazole rings is 1. The summed E-state index contributed by atoms with van der Waals surface area (Å²) in [6, 6.07) is 25.3. The van der Waals surface area contributed by atoms with Crippen LogP contribution in [0.15, 0.2) is 115 Å². The molecule has 4 aromatic heterocycles. The highest BCUT2D eigenvalue weighted by Gasteiger charge is 2.46. The Morgan fingerprint density at radius 3 is 2.05 bits per heavy atom. The van der Waals surface area contributed by atoms with Crippen LogP contribution in [0.4, 0.5) is 5.95 Å². The van der Waals surface area contributed by atoms with Crippen molar-refractivity contribution in [3.8, 4) is 11.5 Å². The number of aromatic nitrogens is 10. The van der Waals surface area contributed by atoms with Gasteiger partial charge >= 0.3 is 0 Å². The summed E-state index contributed by atoms with van der Waals surface area (Å²) in [4.78, 5) is 45.6. The van der Waals surface area contributed by atoms with Crippen LogP contribution in [0.1, 0.15) is 43.2 Å². The van der Waals surface area contributed by atoms with Crippen molar-refractivity contribution in [2.45, 2.75) is 44.3 Å². The van der Waals surface area contributed by atoms with Gasteiger partial charge in [-0.1, -0.05) is 68.4 Å². The number of rotatable bonds is 15. The van der Waals surface area contributed by atoms with Gasteiger partial charge in [0.1, 0.15) is 54.7 Å². The third-order valence-corrected chi connectivity index (χ3v) is 13.2. The standard InChI is InChI=1S/C39H40N11O7PS/c1-25(2)36(51)46-38-45-35-34(37(52)47-38)42-24-48(35)33-18-31(57-58(59,49-22-40-20-43-49)50-23-41-21-44-50)32(56-33)19-55-39(26-8-6-5-7-9-26,27-10-14-29(53-3)15-11-27)28-12-16-30(54-4)17-13-28/h5-17,20-25,31-33H,18-19H2,1-4H3,(H2,45,46,47,51,52)/t31-,32+,33+/m0/s1. The molecule has 0 saturated carbocycles. The number of methoxy groups -OCH3 is 2. The van der Waals surface area contributed by atoms with Crippen molar-refractivity contribution in [1.82, 2.24) is 48.6 Å². The van der Waals surface area contributed by atoms with Gasteiger partial charge in [0.15, 0.2) is 11.2 Å². The van der Waals surface area contributed by atoms with E-state index in [0.717, 1.165) is 16.7 Å². The van der Waals surface area contributed by atoms with Crippen LogP contribution in [-0.4, -0.2) is 87.5 Å². The Hall–Kier alpha value is -6.11. The molecule has 0 aliphatic carbocycles. The van der Waals surface area contributed by atoms with E-state index in [2.05, 4.69) is 40.4 Å². The van der Waals surface area contributed by atoms with Crippen LogP contribution in [0.3, 0.4) is 0 Å². The van der Waals surface area contributed by atoms with Crippen molar-refractivity contribution >= 4 is 41.4 Å². The second-order valence-corrected chi connectivity index (χ2v) is 17.3. The van der Waals surface area contributed by atoms with Gasteiger partial charge in [0, 0.05) is 12.3 Å². The Balaban J connectivity index is 1.23. The maximum Gasteiger partial charge on any atom is 0.297 e. The Morgan fingerprint density at radius 1 is 0.915 bits per heavy atom. The Bertz CT molecular complexity index is 2540. The van der Waals surface area contributed by atoms with Gasteiger partial charge in [0.2, 0.25) is 11.9 Å². The molecule has 7 aromatic rings. The van der Waals surface area contributed by atoms with E-state index in [4.69, 9.17) is 35.3 Å². The van der Waals surface area contributed by atoms with Crippen molar-refractivity contribution in [2.24, 2.45) is 5.92 Å². The molecule has 0 radical (unpaired) electrons. The molecule has 59 heavy (non-hydrogen) atoms. The Kier molecular flexibility index (Phi) is 11.2. The Labute approximate surface area is 342 Å². The second kappa shape index (κ2) is 16.6. The summed E-state index contributed by atoms with van der Waals surface area (Å²) < 4.78 is 36.7. The first-order chi connectivity index (χ1) is 28.6. The van der Waals surface area contributed by atoms with E-state index < -0.39 is 36.2 Å². The number of amides is 1. The zero-order chi connectivity index (χ0) is 41.1. The number of carbonyl (C=O) groups is 1. The van der Waals surface area contributed by atoms with E-state index in [1.54, 1.807) is 32.6 Å². The normalized spacial score (nSPS) is 17.1. The van der Waals surface area contributed by atoms with E-state index in [1.165, 1.54) is 40.5 Å². The lowest BCUT2D eigenvalue weighted by atomic mass is 9.80.